The molecular weight excluding hydrogens is 346 g/mol. The van der Waals surface area contributed by atoms with Crippen LogP contribution in [0.3, 0.4) is 0 Å². The molecule has 0 aliphatic rings. The Morgan fingerprint density at radius 3 is 2.62 bits per heavy atom. The highest BCUT2D eigenvalue weighted by Gasteiger charge is 2.12. The van der Waals surface area contributed by atoms with Crippen LogP contribution in [-0.4, -0.2) is 17.5 Å². The van der Waals surface area contributed by atoms with Crippen molar-refractivity contribution in [1.82, 2.24) is 4.98 Å². The van der Waals surface area contributed by atoms with Crippen LogP contribution in [-0.2, 0) is 6.42 Å². The van der Waals surface area contributed by atoms with E-state index in [2.05, 4.69) is 22.5 Å². The van der Waals surface area contributed by atoms with Gasteiger partial charge in [-0.25, -0.2) is 4.98 Å². The number of carbonyl (C=O) groups excluding carboxylic acids is 1. The van der Waals surface area contributed by atoms with Crippen LogP contribution in [0.2, 0.25) is 0 Å². The highest BCUT2D eigenvalue weighted by molar-refractivity contribution is 7.14. The van der Waals surface area contributed by atoms with Crippen LogP contribution in [0, 0.1) is 0 Å². The van der Waals surface area contributed by atoms with E-state index in [1.807, 2.05) is 55.5 Å². The predicted molar refractivity (Wildman–Crippen MR) is 107 cm³/mol. The number of nitrogens with zero attached hydrogens (tertiary/aromatic N) is 1. The maximum absolute atomic E-state index is 12.5. The third-order valence-electron chi connectivity index (χ3n) is 3.80. The van der Waals surface area contributed by atoms with Gasteiger partial charge in [0.15, 0.2) is 5.13 Å². The summed E-state index contributed by atoms with van der Waals surface area (Å²) in [7, 11) is 0. The molecule has 0 saturated heterocycles. The Hall–Kier alpha value is -2.86. The second kappa shape index (κ2) is 8.49. The monoisotopic (exact) mass is 367 g/mol. The second-order valence-corrected chi connectivity index (χ2v) is 6.44. The Bertz CT molecular complexity index is 875. The zero-order valence-electron chi connectivity index (χ0n) is 14.8. The molecule has 0 aliphatic carbocycles. The summed E-state index contributed by atoms with van der Waals surface area (Å²) in [5.74, 6) is 0.619. The molecule has 1 aromatic heterocycles. The van der Waals surface area contributed by atoms with Crippen molar-refractivity contribution in [2.24, 2.45) is 0 Å². The number of aromatic nitrogens is 1. The van der Waals surface area contributed by atoms with Gasteiger partial charge in [0.2, 0.25) is 0 Å². The van der Waals surface area contributed by atoms with E-state index >= 15 is 0 Å². The van der Waals surface area contributed by atoms with Gasteiger partial charge in [-0.15, -0.1) is 11.3 Å². The quantitative estimate of drug-likeness (QED) is 0.610. The largest absolute Gasteiger partial charge is 0.494 e. The molecule has 0 aliphatic heterocycles. The van der Waals surface area contributed by atoms with Crippen molar-refractivity contribution in [3.05, 3.63) is 65.2 Å². The number of para-hydroxylation sites is 1. The number of hydrogen-bond acceptors (Lipinski definition) is 5. The van der Waals surface area contributed by atoms with Crippen LogP contribution in [0.25, 0.3) is 0 Å². The fourth-order valence-corrected chi connectivity index (χ4v) is 3.21. The molecule has 1 heterocycles. The van der Waals surface area contributed by atoms with Crippen molar-refractivity contribution < 1.29 is 9.53 Å². The zero-order valence-corrected chi connectivity index (χ0v) is 15.6. The van der Waals surface area contributed by atoms with Gasteiger partial charge in [0.25, 0.3) is 5.91 Å². The molecule has 0 unspecified atom stereocenters. The van der Waals surface area contributed by atoms with E-state index in [0.717, 1.165) is 29.1 Å². The second-order valence-electron chi connectivity index (χ2n) is 5.59. The molecule has 0 spiro atoms. The van der Waals surface area contributed by atoms with E-state index in [9.17, 15) is 4.79 Å². The van der Waals surface area contributed by atoms with Crippen LogP contribution in [0.4, 0.5) is 16.5 Å². The van der Waals surface area contributed by atoms with E-state index in [0.29, 0.717) is 17.4 Å². The number of hydrogen-bond donors (Lipinski definition) is 2. The molecule has 3 rings (SSSR count). The smallest absolute Gasteiger partial charge is 0.275 e. The molecule has 1 amide bonds. The van der Waals surface area contributed by atoms with E-state index in [1.54, 1.807) is 5.38 Å². The molecule has 2 aromatic carbocycles. The van der Waals surface area contributed by atoms with E-state index in [1.165, 1.54) is 11.3 Å². The summed E-state index contributed by atoms with van der Waals surface area (Å²) in [5.41, 5.74) is 3.22. The molecule has 0 radical (unpaired) electrons. The summed E-state index contributed by atoms with van der Waals surface area (Å²) in [6.45, 7) is 4.65. The summed E-state index contributed by atoms with van der Waals surface area (Å²) in [6.07, 6.45) is 0.859. The zero-order chi connectivity index (χ0) is 18.4. The number of anilines is 3. The summed E-state index contributed by atoms with van der Waals surface area (Å²) in [4.78, 5) is 16.8. The minimum absolute atomic E-state index is 0.207. The van der Waals surface area contributed by atoms with Crippen LogP contribution in [0.1, 0.15) is 29.9 Å². The lowest BCUT2D eigenvalue weighted by Crippen LogP contribution is -2.13. The molecular formula is C20H21N3O2S. The predicted octanol–water partition coefficient (Wildman–Crippen LogP) is 5.10. The molecule has 0 bridgehead atoms. The van der Waals surface area contributed by atoms with Crippen molar-refractivity contribution in [2.75, 3.05) is 17.2 Å². The molecule has 0 fully saturated rings. The summed E-state index contributed by atoms with van der Waals surface area (Å²) in [5, 5.41) is 8.56. The highest BCUT2D eigenvalue weighted by Crippen LogP contribution is 2.24. The minimum Gasteiger partial charge on any atom is -0.494 e. The molecule has 6 heteroatoms. The molecule has 26 heavy (non-hydrogen) atoms. The lowest BCUT2D eigenvalue weighted by Gasteiger charge is -2.08. The average molecular weight is 367 g/mol. The third kappa shape index (κ3) is 4.40. The van der Waals surface area contributed by atoms with Crippen LogP contribution < -0.4 is 15.4 Å². The molecule has 3 aromatic rings. The van der Waals surface area contributed by atoms with E-state index in [-0.39, 0.29) is 5.91 Å². The topological polar surface area (TPSA) is 63.2 Å². The van der Waals surface area contributed by atoms with Gasteiger partial charge in [-0.3, -0.25) is 4.79 Å². The maximum atomic E-state index is 12.5. The standard InChI is InChI=1S/C20H21N3O2S/c1-3-14-7-5-6-8-17(14)22-19(24)18-13-26-20(23-18)21-15-9-11-16(12-10-15)25-4-2/h5-13H,3-4H2,1-2H3,(H,21,23)(H,22,24). The average Bonchev–Trinajstić information content (AvgIpc) is 3.13. The van der Waals surface area contributed by atoms with Crippen molar-refractivity contribution >= 4 is 33.8 Å². The normalized spacial score (nSPS) is 10.4. The van der Waals surface area contributed by atoms with Gasteiger partial charge in [0.05, 0.1) is 6.61 Å². The summed E-state index contributed by atoms with van der Waals surface area (Å²) < 4.78 is 5.43. The Morgan fingerprint density at radius 2 is 1.88 bits per heavy atom. The number of thiazole rings is 1. The van der Waals surface area contributed by atoms with Crippen molar-refractivity contribution in [3.63, 3.8) is 0 Å². The molecule has 0 saturated carbocycles. The fourth-order valence-electron chi connectivity index (χ4n) is 2.50. The maximum Gasteiger partial charge on any atom is 0.275 e. The van der Waals surface area contributed by atoms with Gasteiger partial charge in [0, 0.05) is 16.8 Å². The molecule has 0 atom stereocenters. The minimum atomic E-state index is -0.207. The van der Waals surface area contributed by atoms with Crippen LogP contribution >= 0.6 is 11.3 Å². The SMILES string of the molecule is CCOc1ccc(Nc2nc(C(=O)Nc3ccccc3CC)cs2)cc1. The number of amides is 1. The van der Waals surface area contributed by atoms with Gasteiger partial charge in [0.1, 0.15) is 11.4 Å². The van der Waals surface area contributed by atoms with Gasteiger partial charge >= 0.3 is 0 Å². The number of nitrogens with one attached hydrogen (secondary N) is 2. The fraction of sp³-hybridized carbons (Fsp3) is 0.200. The van der Waals surface area contributed by atoms with Gasteiger partial charge in [-0.2, -0.15) is 0 Å². The molecule has 5 nitrogen and oxygen atoms in total. The Labute approximate surface area is 157 Å². The third-order valence-corrected chi connectivity index (χ3v) is 4.56. The Morgan fingerprint density at radius 1 is 1.12 bits per heavy atom. The lowest BCUT2D eigenvalue weighted by atomic mass is 10.1. The van der Waals surface area contributed by atoms with Crippen LogP contribution in [0.5, 0.6) is 5.75 Å². The highest BCUT2D eigenvalue weighted by atomic mass is 32.1. The number of carbonyl (C=O) groups is 1. The summed E-state index contributed by atoms with van der Waals surface area (Å²) in [6, 6.07) is 15.4. The number of benzene rings is 2. The number of rotatable bonds is 7. The number of ether oxygens (including phenoxy) is 1. The first-order valence-corrected chi connectivity index (χ1v) is 9.42. The molecule has 2 N–H and O–H groups in total. The van der Waals surface area contributed by atoms with E-state index < -0.39 is 0 Å². The Balaban J connectivity index is 1.66. The van der Waals surface area contributed by atoms with Crippen molar-refractivity contribution in [3.8, 4) is 5.75 Å². The van der Waals surface area contributed by atoms with Crippen molar-refractivity contribution in [2.45, 2.75) is 20.3 Å². The van der Waals surface area contributed by atoms with Crippen LogP contribution in [0.15, 0.2) is 53.9 Å². The first-order valence-electron chi connectivity index (χ1n) is 8.54. The first kappa shape index (κ1) is 17.9. The summed E-state index contributed by atoms with van der Waals surface area (Å²) >= 11 is 1.39. The van der Waals surface area contributed by atoms with Gasteiger partial charge in [-0.1, -0.05) is 25.1 Å². The van der Waals surface area contributed by atoms with Crippen molar-refractivity contribution in [1.29, 1.82) is 0 Å². The number of aryl methyl sites for hydroxylation is 1. The molecule has 134 valence electrons. The van der Waals surface area contributed by atoms with Gasteiger partial charge in [-0.05, 0) is 49.2 Å². The Kier molecular flexibility index (Phi) is 5.86. The first-order chi connectivity index (χ1) is 12.7. The lowest BCUT2D eigenvalue weighted by molar-refractivity contribution is 0.102. The van der Waals surface area contributed by atoms with Gasteiger partial charge < -0.3 is 15.4 Å². The van der Waals surface area contributed by atoms with E-state index in [4.69, 9.17) is 4.74 Å².